The first-order chi connectivity index (χ1) is 12.1. The van der Waals surface area contributed by atoms with Crippen molar-refractivity contribution < 1.29 is 13.6 Å². The maximum atomic E-state index is 12.7. The van der Waals surface area contributed by atoms with E-state index in [0.717, 1.165) is 38.2 Å². The summed E-state index contributed by atoms with van der Waals surface area (Å²) < 4.78 is 10.8. The number of carbonyl (C=O) groups excluding carboxylic acids is 1. The molecule has 0 aromatic carbocycles. The normalized spacial score (nSPS) is 22.4. The quantitative estimate of drug-likeness (QED) is 0.850. The Morgan fingerprint density at radius 1 is 1.24 bits per heavy atom. The summed E-state index contributed by atoms with van der Waals surface area (Å²) in [6.07, 6.45) is 8.02. The molecule has 1 aliphatic heterocycles. The maximum Gasteiger partial charge on any atom is 0.257 e. The maximum absolute atomic E-state index is 12.7. The number of nitrogens with zero attached hydrogens (tertiary/aromatic N) is 2. The zero-order chi connectivity index (χ0) is 17.4. The summed E-state index contributed by atoms with van der Waals surface area (Å²) >= 11 is 0. The fraction of sp³-hybridized carbons (Fsp3) is 0.550. The minimum Gasteiger partial charge on any atom is -0.469 e. The van der Waals surface area contributed by atoms with Crippen LogP contribution in [0.1, 0.15) is 47.6 Å². The first kappa shape index (κ1) is 16.5. The van der Waals surface area contributed by atoms with Gasteiger partial charge in [-0.3, -0.25) is 9.69 Å². The molecule has 2 aromatic rings. The van der Waals surface area contributed by atoms with Gasteiger partial charge in [-0.05, 0) is 63.3 Å². The molecule has 25 heavy (non-hydrogen) atoms. The lowest BCUT2D eigenvalue weighted by molar-refractivity contribution is -0.0590. The SMILES string of the molecule is Cc1occc1C(=O)N1CCC2(CCC2N(C)Cc2ccco2)CC1. The van der Waals surface area contributed by atoms with Gasteiger partial charge in [0.05, 0.1) is 24.6 Å². The summed E-state index contributed by atoms with van der Waals surface area (Å²) in [4.78, 5) is 17.1. The summed E-state index contributed by atoms with van der Waals surface area (Å²) in [6, 6.07) is 6.36. The number of rotatable bonds is 4. The molecule has 5 nitrogen and oxygen atoms in total. The lowest BCUT2D eigenvalue weighted by atomic mass is 9.58. The van der Waals surface area contributed by atoms with Gasteiger partial charge in [0.1, 0.15) is 11.5 Å². The predicted octanol–water partition coefficient (Wildman–Crippen LogP) is 3.70. The van der Waals surface area contributed by atoms with Gasteiger partial charge in [-0.1, -0.05) is 0 Å². The highest BCUT2D eigenvalue weighted by Crippen LogP contribution is 2.51. The predicted molar refractivity (Wildman–Crippen MR) is 94.2 cm³/mol. The van der Waals surface area contributed by atoms with E-state index >= 15 is 0 Å². The van der Waals surface area contributed by atoms with E-state index in [1.165, 1.54) is 12.8 Å². The van der Waals surface area contributed by atoms with Crippen molar-refractivity contribution in [3.8, 4) is 0 Å². The van der Waals surface area contributed by atoms with E-state index in [4.69, 9.17) is 8.83 Å². The second kappa shape index (κ2) is 6.37. The fourth-order valence-electron chi connectivity index (χ4n) is 4.64. The van der Waals surface area contributed by atoms with E-state index in [1.807, 2.05) is 24.0 Å². The monoisotopic (exact) mass is 342 g/mol. The Balaban J connectivity index is 1.37. The number of likely N-dealkylation sites (tertiary alicyclic amines) is 1. The molecule has 0 N–H and O–H groups in total. The van der Waals surface area contributed by atoms with Crippen LogP contribution in [0, 0.1) is 12.3 Å². The van der Waals surface area contributed by atoms with E-state index < -0.39 is 0 Å². The van der Waals surface area contributed by atoms with Gasteiger partial charge in [-0.25, -0.2) is 0 Å². The van der Waals surface area contributed by atoms with Crippen molar-refractivity contribution in [1.29, 1.82) is 0 Å². The Labute approximate surface area is 148 Å². The Hall–Kier alpha value is -2.01. The van der Waals surface area contributed by atoms with Crippen LogP contribution in [-0.2, 0) is 6.54 Å². The Bertz CT molecular complexity index is 726. The second-order valence-electron chi connectivity index (χ2n) is 7.59. The number of carbonyl (C=O) groups is 1. The van der Waals surface area contributed by atoms with Crippen LogP contribution in [0.15, 0.2) is 39.6 Å². The average molecular weight is 342 g/mol. The lowest BCUT2D eigenvalue weighted by Gasteiger charge is -2.56. The molecule has 5 heteroatoms. The molecule has 1 unspecified atom stereocenters. The van der Waals surface area contributed by atoms with Crippen LogP contribution in [-0.4, -0.2) is 41.9 Å². The average Bonchev–Trinajstić information content (AvgIpc) is 3.25. The Morgan fingerprint density at radius 3 is 2.60 bits per heavy atom. The van der Waals surface area contributed by atoms with Crippen molar-refractivity contribution in [1.82, 2.24) is 9.80 Å². The van der Waals surface area contributed by atoms with E-state index in [-0.39, 0.29) is 5.91 Å². The number of piperidine rings is 1. The highest BCUT2D eigenvalue weighted by Gasteiger charge is 2.50. The van der Waals surface area contributed by atoms with Gasteiger partial charge in [0.25, 0.3) is 5.91 Å². The van der Waals surface area contributed by atoms with E-state index in [2.05, 4.69) is 11.9 Å². The van der Waals surface area contributed by atoms with Crippen LogP contribution in [0.5, 0.6) is 0 Å². The molecular formula is C20H26N2O3. The first-order valence-corrected chi connectivity index (χ1v) is 9.15. The number of aryl methyl sites for hydroxylation is 1. The molecule has 1 spiro atoms. The van der Waals surface area contributed by atoms with Crippen molar-refractivity contribution in [3.63, 3.8) is 0 Å². The molecule has 1 saturated carbocycles. The molecule has 134 valence electrons. The van der Waals surface area contributed by atoms with E-state index in [1.54, 1.807) is 18.6 Å². The molecule has 2 aromatic heterocycles. The van der Waals surface area contributed by atoms with Crippen molar-refractivity contribution in [2.45, 2.75) is 45.2 Å². The molecule has 1 aliphatic carbocycles. The molecule has 4 rings (SSSR count). The van der Waals surface area contributed by atoms with E-state index in [9.17, 15) is 4.79 Å². The molecular weight excluding hydrogens is 316 g/mol. The van der Waals surface area contributed by atoms with Gasteiger partial charge in [-0.15, -0.1) is 0 Å². The summed E-state index contributed by atoms with van der Waals surface area (Å²) in [6.45, 7) is 4.39. The summed E-state index contributed by atoms with van der Waals surface area (Å²) in [7, 11) is 2.19. The van der Waals surface area contributed by atoms with E-state index in [0.29, 0.717) is 22.8 Å². The molecule has 0 bridgehead atoms. The van der Waals surface area contributed by atoms with Crippen LogP contribution < -0.4 is 0 Å². The standard InChI is InChI=1S/C20H26N2O3/c1-15-17(6-13-24-15)19(23)22-10-8-20(9-11-22)7-5-18(20)21(2)14-16-4-3-12-25-16/h3-4,6,12-13,18H,5,7-11,14H2,1-2H3. The topological polar surface area (TPSA) is 49.8 Å². The van der Waals surface area contributed by atoms with Crippen LogP contribution in [0.3, 0.4) is 0 Å². The minimum atomic E-state index is 0.112. The number of amides is 1. The highest BCUT2D eigenvalue weighted by molar-refractivity contribution is 5.95. The van der Waals surface area contributed by atoms with Crippen LogP contribution in [0.4, 0.5) is 0 Å². The zero-order valence-electron chi connectivity index (χ0n) is 15.0. The van der Waals surface area contributed by atoms with Gasteiger partial charge in [0.2, 0.25) is 0 Å². The van der Waals surface area contributed by atoms with Gasteiger partial charge in [-0.2, -0.15) is 0 Å². The van der Waals surface area contributed by atoms with Gasteiger partial charge in [0, 0.05) is 19.1 Å². The molecule has 1 atom stereocenters. The first-order valence-electron chi connectivity index (χ1n) is 9.15. The largest absolute Gasteiger partial charge is 0.469 e. The van der Waals surface area contributed by atoms with Crippen molar-refractivity contribution in [2.75, 3.05) is 20.1 Å². The molecule has 3 heterocycles. The third kappa shape index (κ3) is 2.91. The molecule has 0 radical (unpaired) electrons. The third-order valence-corrected chi connectivity index (χ3v) is 6.28. The molecule has 1 amide bonds. The number of furan rings is 2. The van der Waals surface area contributed by atoms with Gasteiger partial charge >= 0.3 is 0 Å². The summed E-state index contributed by atoms with van der Waals surface area (Å²) in [5.74, 6) is 1.85. The van der Waals surface area contributed by atoms with Crippen molar-refractivity contribution in [3.05, 3.63) is 47.8 Å². The second-order valence-corrected chi connectivity index (χ2v) is 7.59. The molecule has 2 fully saturated rings. The highest BCUT2D eigenvalue weighted by atomic mass is 16.3. The number of hydrogen-bond acceptors (Lipinski definition) is 4. The Kier molecular flexibility index (Phi) is 4.20. The molecule has 1 saturated heterocycles. The fourth-order valence-corrected chi connectivity index (χ4v) is 4.64. The Morgan fingerprint density at radius 2 is 2.04 bits per heavy atom. The smallest absolute Gasteiger partial charge is 0.257 e. The number of hydrogen-bond donors (Lipinski definition) is 0. The molecule has 2 aliphatic rings. The lowest BCUT2D eigenvalue weighted by Crippen LogP contribution is -2.58. The van der Waals surface area contributed by atoms with Gasteiger partial charge < -0.3 is 13.7 Å². The van der Waals surface area contributed by atoms with Crippen molar-refractivity contribution in [2.24, 2.45) is 5.41 Å². The summed E-state index contributed by atoms with van der Waals surface area (Å²) in [5, 5.41) is 0. The summed E-state index contributed by atoms with van der Waals surface area (Å²) in [5.41, 5.74) is 1.07. The van der Waals surface area contributed by atoms with Crippen molar-refractivity contribution >= 4 is 5.91 Å². The minimum absolute atomic E-state index is 0.112. The van der Waals surface area contributed by atoms with Gasteiger partial charge in [0.15, 0.2) is 0 Å². The zero-order valence-corrected chi connectivity index (χ0v) is 15.0. The third-order valence-electron chi connectivity index (χ3n) is 6.28. The van der Waals surface area contributed by atoms with Crippen LogP contribution in [0.2, 0.25) is 0 Å². The van der Waals surface area contributed by atoms with Crippen LogP contribution in [0.25, 0.3) is 0 Å². The van der Waals surface area contributed by atoms with Crippen LogP contribution >= 0.6 is 0 Å².